The smallest absolute Gasteiger partial charge is 0.145 e. The van der Waals surface area contributed by atoms with Crippen LogP contribution in [0, 0.1) is 6.92 Å². The Morgan fingerprint density at radius 2 is 1.85 bits per heavy atom. The molecule has 2 heterocycles. The van der Waals surface area contributed by atoms with E-state index in [4.69, 9.17) is 4.74 Å². The summed E-state index contributed by atoms with van der Waals surface area (Å²) in [5.74, 6) is 0.848. The molecule has 1 aliphatic heterocycles. The van der Waals surface area contributed by atoms with Crippen molar-refractivity contribution in [1.29, 1.82) is 0 Å². The maximum atomic E-state index is 5.79. The van der Waals surface area contributed by atoms with Crippen molar-refractivity contribution in [1.82, 2.24) is 15.0 Å². The van der Waals surface area contributed by atoms with Crippen LogP contribution in [0.5, 0.6) is 5.75 Å². The maximum Gasteiger partial charge on any atom is 0.145 e. The molecule has 1 aliphatic rings. The molecule has 4 rings (SSSR count). The van der Waals surface area contributed by atoms with E-state index in [-0.39, 0.29) is 0 Å². The third-order valence-corrected chi connectivity index (χ3v) is 3.55. The SMILES string of the molecule is Cc1ccc(-c2nnn3c2COc2ccccc2-3)cc1. The number of hydrogen-bond donors (Lipinski definition) is 0. The normalized spacial score (nSPS) is 12.4. The van der Waals surface area contributed by atoms with Gasteiger partial charge in [0.25, 0.3) is 0 Å². The fraction of sp³-hybridized carbons (Fsp3) is 0.125. The molecule has 2 aromatic carbocycles. The first-order valence-electron chi connectivity index (χ1n) is 6.57. The van der Waals surface area contributed by atoms with Crippen LogP contribution in [-0.2, 0) is 6.61 Å². The Morgan fingerprint density at radius 1 is 1.05 bits per heavy atom. The van der Waals surface area contributed by atoms with Gasteiger partial charge in [0.1, 0.15) is 29.4 Å². The van der Waals surface area contributed by atoms with E-state index in [1.807, 2.05) is 28.9 Å². The van der Waals surface area contributed by atoms with Crippen LogP contribution >= 0.6 is 0 Å². The quantitative estimate of drug-likeness (QED) is 0.677. The van der Waals surface area contributed by atoms with Gasteiger partial charge in [-0.15, -0.1) is 5.10 Å². The highest BCUT2D eigenvalue weighted by Crippen LogP contribution is 2.32. The van der Waals surface area contributed by atoms with Crippen LogP contribution < -0.4 is 4.74 Å². The van der Waals surface area contributed by atoms with Crippen molar-refractivity contribution in [3.05, 3.63) is 59.8 Å². The maximum absolute atomic E-state index is 5.79. The summed E-state index contributed by atoms with van der Waals surface area (Å²) in [5, 5.41) is 8.61. The third kappa shape index (κ3) is 1.61. The van der Waals surface area contributed by atoms with Gasteiger partial charge in [-0.1, -0.05) is 47.2 Å². The Hall–Kier alpha value is -2.62. The zero-order valence-electron chi connectivity index (χ0n) is 11.1. The standard InChI is InChI=1S/C16H13N3O/c1-11-6-8-12(9-7-11)16-14-10-20-15-5-3-2-4-13(15)19(14)18-17-16/h2-9H,10H2,1H3. The summed E-state index contributed by atoms with van der Waals surface area (Å²) in [6.45, 7) is 2.57. The van der Waals surface area contributed by atoms with Gasteiger partial charge in [-0.05, 0) is 19.1 Å². The molecule has 0 fully saturated rings. The molecule has 0 radical (unpaired) electrons. The molecule has 0 atom stereocenters. The first kappa shape index (κ1) is 11.2. The highest BCUT2D eigenvalue weighted by atomic mass is 16.5. The molecule has 0 spiro atoms. The molecule has 4 nitrogen and oxygen atoms in total. The fourth-order valence-electron chi connectivity index (χ4n) is 2.46. The van der Waals surface area contributed by atoms with Gasteiger partial charge in [-0.25, -0.2) is 4.68 Å². The summed E-state index contributed by atoms with van der Waals surface area (Å²) in [6.07, 6.45) is 0. The predicted molar refractivity (Wildman–Crippen MR) is 75.9 cm³/mol. The summed E-state index contributed by atoms with van der Waals surface area (Å²) in [4.78, 5) is 0. The van der Waals surface area contributed by atoms with Crippen LogP contribution in [-0.4, -0.2) is 15.0 Å². The number of ether oxygens (including phenoxy) is 1. The molecule has 0 bridgehead atoms. The predicted octanol–water partition coefficient (Wildman–Crippen LogP) is 3.14. The van der Waals surface area contributed by atoms with Crippen LogP contribution in [0.25, 0.3) is 16.9 Å². The van der Waals surface area contributed by atoms with Crippen LogP contribution in [0.15, 0.2) is 48.5 Å². The van der Waals surface area contributed by atoms with Crippen LogP contribution in [0.1, 0.15) is 11.3 Å². The summed E-state index contributed by atoms with van der Waals surface area (Å²) in [7, 11) is 0. The topological polar surface area (TPSA) is 39.9 Å². The zero-order chi connectivity index (χ0) is 13.5. The number of nitrogens with zero attached hydrogens (tertiary/aromatic N) is 3. The number of rotatable bonds is 1. The Balaban J connectivity index is 1.87. The van der Waals surface area contributed by atoms with E-state index in [9.17, 15) is 0 Å². The van der Waals surface area contributed by atoms with E-state index in [1.54, 1.807) is 0 Å². The first-order chi connectivity index (χ1) is 9.83. The van der Waals surface area contributed by atoms with Gasteiger partial charge in [0.2, 0.25) is 0 Å². The fourth-order valence-corrected chi connectivity index (χ4v) is 2.46. The van der Waals surface area contributed by atoms with E-state index in [2.05, 4.69) is 41.5 Å². The van der Waals surface area contributed by atoms with Gasteiger partial charge in [-0.2, -0.15) is 0 Å². The van der Waals surface area contributed by atoms with Gasteiger partial charge in [0.15, 0.2) is 0 Å². The molecule has 4 heteroatoms. The minimum atomic E-state index is 0.493. The number of para-hydroxylation sites is 2. The minimum Gasteiger partial charge on any atom is -0.485 e. The molecule has 0 unspecified atom stereocenters. The van der Waals surface area contributed by atoms with Crippen molar-refractivity contribution >= 4 is 0 Å². The van der Waals surface area contributed by atoms with Gasteiger partial charge in [-0.3, -0.25) is 0 Å². The van der Waals surface area contributed by atoms with Crippen molar-refractivity contribution in [2.45, 2.75) is 13.5 Å². The van der Waals surface area contributed by atoms with Gasteiger partial charge >= 0.3 is 0 Å². The molecular formula is C16H13N3O. The van der Waals surface area contributed by atoms with Gasteiger partial charge in [0, 0.05) is 5.56 Å². The van der Waals surface area contributed by atoms with E-state index >= 15 is 0 Å². The number of benzene rings is 2. The minimum absolute atomic E-state index is 0.493. The van der Waals surface area contributed by atoms with Crippen molar-refractivity contribution in [2.24, 2.45) is 0 Å². The Morgan fingerprint density at radius 3 is 2.70 bits per heavy atom. The van der Waals surface area contributed by atoms with Crippen molar-refractivity contribution in [3.63, 3.8) is 0 Å². The lowest BCUT2D eigenvalue weighted by molar-refractivity contribution is 0.282. The zero-order valence-corrected chi connectivity index (χ0v) is 11.1. The van der Waals surface area contributed by atoms with E-state index < -0.39 is 0 Å². The van der Waals surface area contributed by atoms with E-state index in [0.29, 0.717) is 6.61 Å². The first-order valence-corrected chi connectivity index (χ1v) is 6.57. The number of fused-ring (bicyclic) bond motifs is 3. The molecule has 20 heavy (non-hydrogen) atoms. The molecule has 1 aromatic heterocycles. The molecule has 3 aromatic rings. The van der Waals surface area contributed by atoms with Crippen molar-refractivity contribution < 1.29 is 4.74 Å². The third-order valence-electron chi connectivity index (χ3n) is 3.55. The van der Waals surface area contributed by atoms with Gasteiger partial charge in [0.05, 0.1) is 0 Å². The molecule has 0 saturated heterocycles. The van der Waals surface area contributed by atoms with E-state index in [0.717, 1.165) is 28.4 Å². The largest absolute Gasteiger partial charge is 0.485 e. The number of hydrogen-bond acceptors (Lipinski definition) is 3. The van der Waals surface area contributed by atoms with Crippen LogP contribution in [0.4, 0.5) is 0 Å². The average Bonchev–Trinajstić information content (AvgIpc) is 2.92. The average molecular weight is 263 g/mol. The second-order valence-electron chi connectivity index (χ2n) is 4.92. The van der Waals surface area contributed by atoms with Crippen LogP contribution in [0.3, 0.4) is 0 Å². The second kappa shape index (κ2) is 4.20. The van der Waals surface area contributed by atoms with Gasteiger partial charge < -0.3 is 4.74 Å². The molecule has 98 valence electrons. The Labute approximate surface area is 116 Å². The van der Waals surface area contributed by atoms with Crippen molar-refractivity contribution in [3.8, 4) is 22.7 Å². The number of aromatic nitrogens is 3. The molecule has 0 aliphatic carbocycles. The molecule has 0 N–H and O–H groups in total. The molecule has 0 saturated carbocycles. The van der Waals surface area contributed by atoms with Crippen LogP contribution in [0.2, 0.25) is 0 Å². The Bertz CT molecular complexity index is 775. The summed E-state index contributed by atoms with van der Waals surface area (Å²) >= 11 is 0. The van der Waals surface area contributed by atoms with E-state index in [1.165, 1.54) is 5.56 Å². The lowest BCUT2D eigenvalue weighted by atomic mass is 10.1. The lowest BCUT2D eigenvalue weighted by Gasteiger charge is -2.18. The Kier molecular flexibility index (Phi) is 2.36. The monoisotopic (exact) mass is 263 g/mol. The number of aryl methyl sites for hydroxylation is 1. The summed E-state index contributed by atoms with van der Waals surface area (Å²) in [5.41, 5.74) is 5.13. The summed E-state index contributed by atoms with van der Waals surface area (Å²) in [6, 6.07) is 16.2. The van der Waals surface area contributed by atoms with Crippen molar-refractivity contribution in [2.75, 3.05) is 0 Å². The molecular weight excluding hydrogens is 250 g/mol. The lowest BCUT2D eigenvalue weighted by Crippen LogP contribution is -2.13. The summed E-state index contributed by atoms with van der Waals surface area (Å²) < 4.78 is 7.66. The molecule has 0 amide bonds. The highest BCUT2D eigenvalue weighted by Gasteiger charge is 2.22. The highest BCUT2D eigenvalue weighted by molar-refractivity contribution is 5.64. The second-order valence-corrected chi connectivity index (χ2v) is 4.92.